The molecule has 1 aromatic carbocycles. The Hall–Kier alpha value is -1.85. The molecule has 2 aromatic rings. The average molecular weight is 361 g/mol. The van der Waals surface area contributed by atoms with E-state index < -0.39 is 0 Å². The summed E-state index contributed by atoms with van der Waals surface area (Å²) in [6.07, 6.45) is 0.446. The van der Waals surface area contributed by atoms with Crippen LogP contribution in [0.1, 0.15) is 35.2 Å². The summed E-state index contributed by atoms with van der Waals surface area (Å²) in [5.41, 5.74) is 1.16. The van der Waals surface area contributed by atoms with Gasteiger partial charge in [0.15, 0.2) is 0 Å². The van der Waals surface area contributed by atoms with E-state index in [9.17, 15) is 4.79 Å². The highest BCUT2D eigenvalue weighted by molar-refractivity contribution is 7.12. The van der Waals surface area contributed by atoms with E-state index in [2.05, 4.69) is 49.2 Å². The maximum absolute atomic E-state index is 12.3. The van der Waals surface area contributed by atoms with Crippen molar-refractivity contribution in [3.8, 4) is 5.75 Å². The Balaban J connectivity index is 2.06. The van der Waals surface area contributed by atoms with Crippen LogP contribution >= 0.6 is 11.3 Å². The molecule has 1 N–H and O–H groups in total. The number of ether oxygens (including phenoxy) is 1. The number of methoxy groups -OCH3 is 1. The summed E-state index contributed by atoms with van der Waals surface area (Å²) in [6.45, 7) is 8.81. The lowest BCUT2D eigenvalue weighted by atomic mass is 10.0. The molecule has 25 heavy (non-hydrogen) atoms. The number of thiophene rings is 1. The molecule has 2 rings (SSSR count). The molecular weight excluding hydrogens is 332 g/mol. The number of amides is 1. The van der Waals surface area contributed by atoms with Gasteiger partial charge in [-0.15, -0.1) is 11.3 Å². The molecule has 1 unspecified atom stereocenters. The van der Waals surface area contributed by atoms with Gasteiger partial charge in [-0.3, -0.25) is 9.69 Å². The number of rotatable bonds is 9. The molecule has 1 heterocycles. The predicted molar refractivity (Wildman–Crippen MR) is 104 cm³/mol. The third kappa shape index (κ3) is 5.58. The van der Waals surface area contributed by atoms with Crippen molar-refractivity contribution < 1.29 is 9.53 Å². The summed E-state index contributed by atoms with van der Waals surface area (Å²) in [6, 6.07) is 12.3. The summed E-state index contributed by atoms with van der Waals surface area (Å²) < 4.78 is 5.35. The van der Waals surface area contributed by atoms with Gasteiger partial charge in [-0.2, -0.15) is 0 Å². The van der Waals surface area contributed by atoms with Gasteiger partial charge in [-0.1, -0.05) is 26.0 Å². The molecule has 0 bridgehead atoms. The number of benzene rings is 1. The van der Waals surface area contributed by atoms with Crippen LogP contribution in [0.15, 0.2) is 36.4 Å². The minimum Gasteiger partial charge on any atom is -0.497 e. The number of hydrogen-bond donors (Lipinski definition) is 1. The van der Waals surface area contributed by atoms with E-state index in [1.165, 1.54) is 4.88 Å². The first-order valence-electron chi connectivity index (χ1n) is 8.77. The zero-order valence-electron chi connectivity index (χ0n) is 15.5. The molecule has 0 aliphatic heterocycles. The SMILES string of the molecule is CCN(CC)C(CNC(=O)Cc1ccc(C)s1)c1cccc(OC)c1. The highest BCUT2D eigenvalue weighted by Gasteiger charge is 2.19. The van der Waals surface area contributed by atoms with Crippen molar-refractivity contribution in [2.45, 2.75) is 33.2 Å². The summed E-state index contributed by atoms with van der Waals surface area (Å²) in [5, 5.41) is 3.11. The maximum Gasteiger partial charge on any atom is 0.225 e. The molecule has 0 spiro atoms. The zero-order valence-corrected chi connectivity index (χ0v) is 16.4. The topological polar surface area (TPSA) is 41.6 Å². The first kappa shape index (κ1) is 19.5. The zero-order chi connectivity index (χ0) is 18.2. The van der Waals surface area contributed by atoms with Crippen molar-refractivity contribution in [3.05, 3.63) is 51.7 Å². The maximum atomic E-state index is 12.3. The van der Waals surface area contributed by atoms with Crippen LogP contribution < -0.4 is 10.1 Å². The lowest BCUT2D eigenvalue weighted by molar-refractivity contribution is -0.120. The first-order valence-corrected chi connectivity index (χ1v) is 9.59. The number of carbonyl (C=O) groups is 1. The van der Waals surface area contributed by atoms with E-state index >= 15 is 0 Å². The normalized spacial score (nSPS) is 12.2. The molecule has 1 aromatic heterocycles. The smallest absolute Gasteiger partial charge is 0.225 e. The number of aryl methyl sites for hydroxylation is 1. The fourth-order valence-corrected chi connectivity index (χ4v) is 3.87. The monoisotopic (exact) mass is 360 g/mol. The lowest BCUT2D eigenvalue weighted by Gasteiger charge is -2.30. The standard InChI is InChI=1S/C20H28N2O2S/c1-5-22(6-2)19(16-8-7-9-17(12-16)24-4)14-21-20(23)13-18-11-10-15(3)25-18/h7-12,19H,5-6,13-14H2,1-4H3,(H,21,23). The molecule has 5 heteroatoms. The summed E-state index contributed by atoms with van der Waals surface area (Å²) >= 11 is 1.68. The van der Waals surface area contributed by atoms with Gasteiger partial charge in [-0.25, -0.2) is 0 Å². The van der Waals surface area contributed by atoms with Gasteiger partial charge in [-0.05, 0) is 49.8 Å². The fraction of sp³-hybridized carbons (Fsp3) is 0.450. The number of likely N-dealkylation sites (N-methyl/N-ethyl adjacent to an activating group) is 1. The molecular formula is C20H28N2O2S. The van der Waals surface area contributed by atoms with Crippen LogP contribution in [0.3, 0.4) is 0 Å². The largest absolute Gasteiger partial charge is 0.497 e. The van der Waals surface area contributed by atoms with Gasteiger partial charge in [0.1, 0.15) is 5.75 Å². The van der Waals surface area contributed by atoms with Crippen LogP contribution in [0, 0.1) is 6.92 Å². The van der Waals surface area contributed by atoms with Crippen LogP contribution in [0.2, 0.25) is 0 Å². The molecule has 1 amide bonds. The van der Waals surface area contributed by atoms with Crippen molar-refractivity contribution in [1.29, 1.82) is 0 Å². The molecule has 136 valence electrons. The van der Waals surface area contributed by atoms with Crippen LogP contribution in [0.5, 0.6) is 5.75 Å². The van der Waals surface area contributed by atoms with E-state index in [4.69, 9.17) is 4.74 Å². The molecule has 0 saturated carbocycles. The van der Waals surface area contributed by atoms with Gasteiger partial charge in [0.25, 0.3) is 0 Å². The number of carbonyl (C=O) groups excluding carboxylic acids is 1. The van der Waals surface area contributed by atoms with E-state index in [0.29, 0.717) is 13.0 Å². The Morgan fingerprint density at radius 3 is 2.60 bits per heavy atom. The van der Waals surface area contributed by atoms with Crippen molar-refractivity contribution in [2.24, 2.45) is 0 Å². The van der Waals surface area contributed by atoms with Gasteiger partial charge in [0.2, 0.25) is 5.91 Å². The van der Waals surface area contributed by atoms with E-state index in [0.717, 1.165) is 29.3 Å². The third-order valence-electron chi connectivity index (χ3n) is 4.36. The van der Waals surface area contributed by atoms with Crippen LogP contribution in [0.25, 0.3) is 0 Å². The quantitative estimate of drug-likeness (QED) is 0.739. The Kier molecular flexibility index (Phi) is 7.47. The Labute approximate surface area is 154 Å². The summed E-state index contributed by atoms with van der Waals surface area (Å²) in [5.74, 6) is 0.914. The fourth-order valence-electron chi connectivity index (χ4n) is 2.98. The van der Waals surface area contributed by atoms with Crippen LogP contribution in [0.4, 0.5) is 0 Å². The predicted octanol–water partition coefficient (Wildman–Crippen LogP) is 3.81. The second kappa shape index (κ2) is 9.59. The molecule has 0 aliphatic rings. The highest BCUT2D eigenvalue weighted by Crippen LogP contribution is 2.24. The van der Waals surface area contributed by atoms with Crippen LogP contribution in [-0.4, -0.2) is 37.6 Å². The minimum atomic E-state index is 0.0712. The van der Waals surface area contributed by atoms with Gasteiger partial charge in [0, 0.05) is 16.3 Å². The van der Waals surface area contributed by atoms with Gasteiger partial charge < -0.3 is 10.1 Å². The second-order valence-corrected chi connectivity index (χ2v) is 7.38. The summed E-state index contributed by atoms with van der Waals surface area (Å²) in [4.78, 5) is 17.0. The molecule has 0 saturated heterocycles. The Morgan fingerprint density at radius 1 is 1.24 bits per heavy atom. The average Bonchev–Trinajstić information content (AvgIpc) is 3.03. The number of nitrogens with one attached hydrogen (secondary N) is 1. The van der Waals surface area contributed by atoms with Gasteiger partial charge >= 0.3 is 0 Å². The van der Waals surface area contributed by atoms with Crippen molar-refractivity contribution in [2.75, 3.05) is 26.7 Å². The Morgan fingerprint density at radius 2 is 2.00 bits per heavy atom. The highest BCUT2D eigenvalue weighted by atomic mass is 32.1. The molecule has 1 atom stereocenters. The van der Waals surface area contributed by atoms with E-state index in [-0.39, 0.29) is 11.9 Å². The lowest BCUT2D eigenvalue weighted by Crippen LogP contribution is -2.38. The first-order chi connectivity index (χ1) is 12.1. The van der Waals surface area contributed by atoms with E-state index in [1.807, 2.05) is 18.2 Å². The van der Waals surface area contributed by atoms with Gasteiger partial charge in [0.05, 0.1) is 19.6 Å². The number of nitrogens with zero attached hydrogens (tertiary/aromatic N) is 1. The van der Waals surface area contributed by atoms with Crippen molar-refractivity contribution in [1.82, 2.24) is 10.2 Å². The van der Waals surface area contributed by atoms with Crippen molar-refractivity contribution >= 4 is 17.2 Å². The molecule has 4 nitrogen and oxygen atoms in total. The molecule has 0 aliphatic carbocycles. The number of hydrogen-bond acceptors (Lipinski definition) is 4. The minimum absolute atomic E-state index is 0.0712. The molecule has 0 fully saturated rings. The third-order valence-corrected chi connectivity index (χ3v) is 5.36. The van der Waals surface area contributed by atoms with Crippen LogP contribution in [-0.2, 0) is 11.2 Å². The Bertz CT molecular complexity index is 680. The van der Waals surface area contributed by atoms with E-state index in [1.54, 1.807) is 18.4 Å². The van der Waals surface area contributed by atoms with Crippen molar-refractivity contribution in [3.63, 3.8) is 0 Å². The second-order valence-electron chi connectivity index (χ2n) is 6.01. The summed E-state index contributed by atoms with van der Waals surface area (Å²) in [7, 11) is 1.68. The molecule has 0 radical (unpaired) electrons.